The van der Waals surface area contributed by atoms with Gasteiger partial charge in [-0.2, -0.15) is 5.10 Å². The number of H-pyrrole nitrogens is 1. The molecule has 1 aromatic carbocycles. The molecule has 8 heteroatoms. The van der Waals surface area contributed by atoms with Crippen LogP contribution in [0.3, 0.4) is 0 Å². The lowest BCUT2D eigenvalue weighted by molar-refractivity contribution is -0.129. The first kappa shape index (κ1) is 16.8. The van der Waals surface area contributed by atoms with E-state index in [0.717, 1.165) is 24.4 Å². The van der Waals surface area contributed by atoms with Gasteiger partial charge >= 0.3 is 5.97 Å². The summed E-state index contributed by atoms with van der Waals surface area (Å²) in [4.78, 5) is 17.9. The minimum Gasteiger partial charge on any atom is -0.477 e. The van der Waals surface area contributed by atoms with Gasteiger partial charge in [0, 0.05) is 36.5 Å². The number of aliphatic imine (C=N–C) groups is 1. The third kappa shape index (κ3) is 3.12. The van der Waals surface area contributed by atoms with E-state index in [0.29, 0.717) is 11.7 Å². The number of rotatable bonds is 3. The number of carbonyl (C=O) groups is 1. The number of aliphatic carboxylic acids is 1. The van der Waals surface area contributed by atoms with Crippen molar-refractivity contribution in [1.29, 1.82) is 5.41 Å². The molecular weight excluding hydrogens is 344 g/mol. The highest BCUT2D eigenvalue weighted by molar-refractivity contribution is 6.41. The van der Waals surface area contributed by atoms with Gasteiger partial charge in [-0.05, 0) is 18.1 Å². The Bertz CT molecular complexity index is 992. The van der Waals surface area contributed by atoms with E-state index in [4.69, 9.17) is 10.5 Å². The Morgan fingerprint density at radius 3 is 2.56 bits per heavy atom. The maximum Gasteiger partial charge on any atom is 0.354 e. The molecule has 0 spiro atoms. The summed E-state index contributed by atoms with van der Waals surface area (Å²) < 4.78 is 0. The Hall–Kier alpha value is -3.68. The van der Waals surface area contributed by atoms with Gasteiger partial charge in [0.05, 0.1) is 11.9 Å². The number of fused-ring (bicyclic) bond motifs is 1. The van der Waals surface area contributed by atoms with Gasteiger partial charge in [0.25, 0.3) is 0 Å². The van der Waals surface area contributed by atoms with Crippen LogP contribution >= 0.6 is 0 Å². The normalized spacial score (nSPS) is 17.6. The van der Waals surface area contributed by atoms with Gasteiger partial charge in [-0.15, -0.1) is 0 Å². The molecule has 4 rings (SSSR count). The minimum atomic E-state index is -1.29. The zero-order chi connectivity index (χ0) is 19.0. The fraction of sp³-hybridized carbons (Fsp3) is 0.158. The molecule has 2 aromatic rings. The van der Waals surface area contributed by atoms with Gasteiger partial charge in [-0.25, -0.2) is 9.79 Å². The number of aromatic nitrogens is 2. The molecule has 27 heavy (non-hydrogen) atoms. The topological polar surface area (TPSA) is 117 Å². The minimum absolute atomic E-state index is 0.269. The number of benzene rings is 1. The number of hydrogen-bond acceptors (Lipinski definition) is 6. The molecule has 136 valence electrons. The van der Waals surface area contributed by atoms with Crippen LogP contribution in [0.15, 0.2) is 59.1 Å². The highest BCUT2D eigenvalue weighted by Gasteiger charge is 2.25. The smallest absolute Gasteiger partial charge is 0.354 e. The Morgan fingerprint density at radius 1 is 1.26 bits per heavy atom. The van der Waals surface area contributed by atoms with Crippen molar-refractivity contribution in [1.82, 2.24) is 20.4 Å². The summed E-state index contributed by atoms with van der Waals surface area (Å²) in [6.45, 7) is 3.04. The van der Waals surface area contributed by atoms with Crippen LogP contribution in [0.25, 0.3) is 5.70 Å². The summed E-state index contributed by atoms with van der Waals surface area (Å²) in [7, 11) is 0. The standard InChI is InChI=1S/C19H18N6O2/c1-11(17(20)19(26)27)18-23-15(14-7-21-22-8-14)6-16(24-18)25-9-12-4-2-3-5-13(12)10-25/h2-8,20,23H,9-10H2,1H3,(H,21,22)(H,26,27)/b18-11+,20-17?. The van der Waals surface area contributed by atoms with Crippen molar-refractivity contribution in [3.63, 3.8) is 0 Å². The largest absolute Gasteiger partial charge is 0.477 e. The molecule has 2 aliphatic rings. The molecule has 0 amide bonds. The van der Waals surface area contributed by atoms with Crippen LogP contribution < -0.4 is 5.32 Å². The van der Waals surface area contributed by atoms with Crippen molar-refractivity contribution < 1.29 is 9.90 Å². The van der Waals surface area contributed by atoms with Crippen molar-refractivity contribution in [2.75, 3.05) is 0 Å². The van der Waals surface area contributed by atoms with Gasteiger partial charge in [0.2, 0.25) is 0 Å². The Kier molecular flexibility index (Phi) is 4.08. The van der Waals surface area contributed by atoms with E-state index in [1.54, 1.807) is 19.3 Å². The van der Waals surface area contributed by atoms with E-state index in [2.05, 4.69) is 37.5 Å². The lowest BCUT2D eigenvalue weighted by Crippen LogP contribution is -2.30. The molecule has 0 saturated carbocycles. The van der Waals surface area contributed by atoms with Gasteiger partial charge in [0.15, 0.2) is 0 Å². The van der Waals surface area contributed by atoms with Crippen molar-refractivity contribution in [3.8, 4) is 0 Å². The summed E-state index contributed by atoms with van der Waals surface area (Å²) >= 11 is 0. The van der Waals surface area contributed by atoms with E-state index in [1.165, 1.54) is 11.1 Å². The molecule has 2 aliphatic heterocycles. The summed E-state index contributed by atoms with van der Waals surface area (Å²) in [6, 6.07) is 8.23. The summed E-state index contributed by atoms with van der Waals surface area (Å²) in [5, 5.41) is 26.8. The van der Waals surface area contributed by atoms with E-state index < -0.39 is 11.7 Å². The highest BCUT2D eigenvalue weighted by atomic mass is 16.4. The maximum atomic E-state index is 11.2. The first-order chi connectivity index (χ1) is 13.0. The van der Waals surface area contributed by atoms with Crippen molar-refractivity contribution >= 4 is 23.2 Å². The number of nitrogens with one attached hydrogen (secondary N) is 3. The van der Waals surface area contributed by atoms with Gasteiger partial charge in [0.1, 0.15) is 17.4 Å². The molecule has 3 heterocycles. The predicted molar refractivity (Wildman–Crippen MR) is 101 cm³/mol. The molecule has 1 aromatic heterocycles. The number of carboxylic acids is 1. The first-order valence-electron chi connectivity index (χ1n) is 8.44. The Labute approximate surface area is 155 Å². The lowest BCUT2D eigenvalue weighted by Gasteiger charge is -2.24. The van der Waals surface area contributed by atoms with Crippen LogP contribution in [0.1, 0.15) is 23.6 Å². The number of aromatic amines is 1. The third-order valence-corrected chi connectivity index (χ3v) is 4.67. The maximum absolute atomic E-state index is 11.2. The average Bonchev–Trinajstić information content (AvgIpc) is 3.36. The molecule has 0 bridgehead atoms. The molecule has 0 atom stereocenters. The molecule has 0 unspecified atom stereocenters. The first-order valence-corrected chi connectivity index (χ1v) is 8.44. The van der Waals surface area contributed by atoms with Crippen LogP contribution in [0.4, 0.5) is 0 Å². The second-order valence-corrected chi connectivity index (χ2v) is 6.42. The molecule has 0 fully saturated rings. The number of nitrogens with zero attached hydrogens (tertiary/aromatic N) is 3. The third-order valence-electron chi connectivity index (χ3n) is 4.67. The zero-order valence-electron chi connectivity index (χ0n) is 14.7. The fourth-order valence-electron chi connectivity index (χ4n) is 3.13. The number of amidine groups is 1. The molecule has 0 radical (unpaired) electrons. The highest BCUT2D eigenvalue weighted by Crippen LogP contribution is 2.26. The average molecular weight is 362 g/mol. The second kappa shape index (κ2) is 6.56. The summed E-state index contributed by atoms with van der Waals surface area (Å²) in [6.07, 6.45) is 5.34. The van der Waals surface area contributed by atoms with E-state index in [9.17, 15) is 4.79 Å². The molecule has 8 nitrogen and oxygen atoms in total. The van der Waals surface area contributed by atoms with E-state index >= 15 is 0 Å². The predicted octanol–water partition coefficient (Wildman–Crippen LogP) is 2.10. The summed E-state index contributed by atoms with van der Waals surface area (Å²) in [5.41, 5.74) is 3.85. The van der Waals surface area contributed by atoms with Crippen molar-refractivity contribution in [2.24, 2.45) is 4.99 Å². The fourth-order valence-corrected chi connectivity index (χ4v) is 3.13. The van der Waals surface area contributed by atoms with Crippen LogP contribution in [0.2, 0.25) is 0 Å². The monoisotopic (exact) mass is 362 g/mol. The van der Waals surface area contributed by atoms with Crippen molar-refractivity contribution in [3.05, 3.63) is 70.8 Å². The quantitative estimate of drug-likeness (QED) is 0.624. The van der Waals surface area contributed by atoms with Crippen molar-refractivity contribution in [2.45, 2.75) is 20.0 Å². The summed E-state index contributed by atoms with van der Waals surface area (Å²) in [5.74, 6) is -0.215. The van der Waals surface area contributed by atoms with Crippen LogP contribution in [0.5, 0.6) is 0 Å². The number of hydrogen-bond donors (Lipinski definition) is 4. The zero-order valence-corrected chi connectivity index (χ0v) is 14.7. The van der Waals surface area contributed by atoms with Gasteiger partial charge < -0.3 is 15.3 Å². The number of carboxylic acid groups (broad SMARTS) is 1. The SMILES string of the molecule is C/C(C(=N)C(=O)O)=C1\N=C(N2Cc3ccccc3C2)C=C(c2cn[nH]c2)N1. The van der Waals surface area contributed by atoms with E-state index in [-0.39, 0.29) is 5.57 Å². The molecule has 0 saturated heterocycles. The van der Waals surface area contributed by atoms with Crippen LogP contribution in [0, 0.1) is 5.41 Å². The van der Waals surface area contributed by atoms with Gasteiger partial charge in [-0.3, -0.25) is 10.5 Å². The molecular formula is C19H18N6O2. The lowest BCUT2D eigenvalue weighted by atomic mass is 10.1. The Balaban J connectivity index is 1.74. The van der Waals surface area contributed by atoms with Crippen LogP contribution in [-0.4, -0.2) is 37.7 Å². The Morgan fingerprint density at radius 2 is 1.96 bits per heavy atom. The second-order valence-electron chi connectivity index (χ2n) is 6.42. The molecule has 0 aliphatic carbocycles. The van der Waals surface area contributed by atoms with Gasteiger partial charge in [-0.1, -0.05) is 24.3 Å². The molecule has 4 N–H and O–H groups in total. The van der Waals surface area contributed by atoms with E-state index in [1.807, 2.05) is 18.2 Å². The van der Waals surface area contributed by atoms with Crippen LogP contribution in [-0.2, 0) is 17.9 Å².